The highest BCUT2D eigenvalue weighted by molar-refractivity contribution is 6.43. The van der Waals surface area contributed by atoms with Crippen LogP contribution < -0.4 is 4.74 Å². The number of carbonyl (C=O) groups is 1. The van der Waals surface area contributed by atoms with Crippen LogP contribution in [0.25, 0.3) is 0 Å². The first-order valence-corrected chi connectivity index (χ1v) is 8.99. The normalized spacial score (nSPS) is 13.3. The van der Waals surface area contributed by atoms with Gasteiger partial charge in [0.2, 0.25) is 0 Å². The fraction of sp³-hybridized carbons (Fsp3) is 0.278. The van der Waals surface area contributed by atoms with Gasteiger partial charge in [-0.2, -0.15) is 18.4 Å². The molecule has 5 nitrogen and oxygen atoms in total. The Hall–Kier alpha value is -2.21. The number of hydrogen-bond donors (Lipinski definition) is 0. The number of esters is 1. The van der Waals surface area contributed by atoms with Crippen LogP contribution in [0.3, 0.4) is 0 Å². The van der Waals surface area contributed by atoms with E-state index >= 15 is 0 Å². The minimum atomic E-state index is -4.63. The molecular formula is C18H12Cl3F3N2O3. The minimum absolute atomic E-state index is 0.0569. The highest BCUT2D eigenvalue weighted by Gasteiger charge is 2.33. The van der Waals surface area contributed by atoms with Crippen LogP contribution in [0.2, 0.25) is 15.1 Å². The first kappa shape index (κ1) is 23.1. The average Bonchev–Trinajstić information content (AvgIpc) is 2.67. The summed E-state index contributed by atoms with van der Waals surface area (Å²) in [5.74, 6) is -1.78. The molecule has 0 aliphatic carbocycles. The molecule has 1 aromatic heterocycles. The fourth-order valence-electron chi connectivity index (χ4n) is 2.36. The van der Waals surface area contributed by atoms with Gasteiger partial charge < -0.3 is 9.47 Å². The first-order valence-electron chi connectivity index (χ1n) is 7.85. The van der Waals surface area contributed by atoms with Crippen LogP contribution in [-0.2, 0) is 15.7 Å². The van der Waals surface area contributed by atoms with Gasteiger partial charge in [-0.25, -0.2) is 4.79 Å². The van der Waals surface area contributed by atoms with Crippen molar-refractivity contribution in [3.8, 4) is 11.8 Å². The van der Waals surface area contributed by atoms with Gasteiger partial charge in [0.15, 0.2) is 6.10 Å². The summed E-state index contributed by atoms with van der Waals surface area (Å²) in [5.41, 5.74) is -1.00. The van der Waals surface area contributed by atoms with Gasteiger partial charge in [0.05, 0.1) is 34.5 Å². The fourth-order valence-corrected chi connectivity index (χ4v) is 3.12. The number of pyridine rings is 1. The lowest BCUT2D eigenvalue weighted by atomic mass is 9.96. The van der Waals surface area contributed by atoms with Crippen molar-refractivity contribution in [2.24, 2.45) is 0 Å². The van der Waals surface area contributed by atoms with Crippen LogP contribution in [0.4, 0.5) is 13.2 Å². The largest absolute Gasteiger partial charge is 0.477 e. The van der Waals surface area contributed by atoms with E-state index in [-0.39, 0.29) is 32.1 Å². The number of benzene rings is 1. The summed E-state index contributed by atoms with van der Waals surface area (Å²) < 4.78 is 48.4. The van der Waals surface area contributed by atoms with Gasteiger partial charge in [0.1, 0.15) is 16.7 Å². The van der Waals surface area contributed by atoms with Gasteiger partial charge in [-0.05, 0) is 24.6 Å². The Morgan fingerprint density at radius 1 is 1.24 bits per heavy atom. The molecule has 0 spiro atoms. The zero-order valence-electron chi connectivity index (χ0n) is 14.9. The van der Waals surface area contributed by atoms with Crippen LogP contribution in [0.15, 0.2) is 24.4 Å². The number of alkyl halides is 3. The van der Waals surface area contributed by atoms with Crippen molar-refractivity contribution in [2.75, 3.05) is 7.11 Å². The van der Waals surface area contributed by atoms with Crippen molar-refractivity contribution in [3.63, 3.8) is 0 Å². The minimum Gasteiger partial charge on any atom is -0.477 e. The molecule has 2 atom stereocenters. The Morgan fingerprint density at radius 3 is 2.41 bits per heavy atom. The van der Waals surface area contributed by atoms with Crippen molar-refractivity contribution in [1.29, 1.82) is 5.26 Å². The number of ether oxygens (including phenoxy) is 2. The molecule has 11 heteroatoms. The maximum Gasteiger partial charge on any atom is 0.417 e. The van der Waals surface area contributed by atoms with E-state index in [1.807, 2.05) is 6.07 Å². The predicted octanol–water partition coefficient (Wildman–Crippen LogP) is 5.66. The zero-order chi connectivity index (χ0) is 21.9. The molecule has 2 rings (SSSR count). The van der Waals surface area contributed by atoms with Crippen LogP contribution in [0.1, 0.15) is 29.7 Å². The smallest absolute Gasteiger partial charge is 0.417 e. The zero-order valence-corrected chi connectivity index (χ0v) is 17.1. The summed E-state index contributed by atoms with van der Waals surface area (Å²) in [7, 11) is 1.19. The monoisotopic (exact) mass is 466 g/mol. The van der Waals surface area contributed by atoms with Crippen molar-refractivity contribution in [2.45, 2.75) is 25.1 Å². The topological polar surface area (TPSA) is 72.2 Å². The number of halogens is 6. The third-order valence-corrected chi connectivity index (χ3v) is 5.01. The molecule has 0 bridgehead atoms. The molecule has 0 aliphatic heterocycles. The van der Waals surface area contributed by atoms with Gasteiger partial charge in [0.25, 0.3) is 0 Å². The SMILES string of the molecule is COC(=O)C(C)Oc1ccc(C(C#N)c2ncc(C(F)(F)F)cc2Cl)c(Cl)c1Cl. The Morgan fingerprint density at radius 2 is 1.90 bits per heavy atom. The Bertz CT molecular complexity index is 977. The van der Waals surface area contributed by atoms with Crippen molar-refractivity contribution in [1.82, 2.24) is 4.98 Å². The molecule has 0 radical (unpaired) electrons. The lowest BCUT2D eigenvalue weighted by Crippen LogP contribution is -2.25. The Balaban J connectivity index is 2.44. The lowest BCUT2D eigenvalue weighted by molar-refractivity contribution is -0.147. The average molecular weight is 468 g/mol. The molecule has 0 saturated carbocycles. The number of methoxy groups -OCH3 is 1. The van der Waals surface area contributed by atoms with Crippen molar-refractivity contribution < 1.29 is 27.4 Å². The summed E-state index contributed by atoms with van der Waals surface area (Å²) in [6, 6.07) is 5.34. The van der Waals surface area contributed by atoms with Gasteiger partial charge >= 0.3 is 12.1 Å². The highest BCUT2D eigenvalue weighted by Crippen LogP contribution is 2.41. The predicted molar refractivity (Wildman–Crippen MR) is 100 cm³/mol. The van der Waals surface area contributed by atoms with Crippen LogP contribution >= 0.6 is 34.8 Å². The van der Waals surface area contributed by atoms with E-state index in [1.165, 1.54) is 26.2 Å². The Kier molecular flexibility index (Phi) is 7.22. The summed E-state index contributed by atoms with van der Waals surface area (Å²) in [5, 5.41) is 9.02. The maximum absolute atomic E-state index is 12.8. The van der Waals surface area contributed by atoms with Gasteiger partial charge in [-0.1, -0.05) is 40.9 Å². The summed E-state index contributed by atoms with van der Waals surface area (Å²) in [6.07, 6.45) is -5.03. The summed E-state index contributed by atoms with van der Waals surface area (Å²) in [4.78, 5) is 15.2. The summed E-state index contributed by atoms with van der Waals surface area (Å²) in [6.45, 7) is 1.44. The lowest BCUT2D eigenvalue weighted by Gasteiger charge is -2.18. The van der Waals surface area contributed by atoms with Crippen LogP contribution in [0, 0.1) is 11.3 Å². The molecule has 2 unspecified atom stereocenters. The molecule has 1 aromatic carbocycles. The molecule has 2 aromatic rings. The Labute approximate surface area is 178 Å². The van der Waals surface area contributed by atoms with E-state index in [9.17, 15) is 23.2 Å². The second-order valence-electron chi connectivity index (χ2n) is 5.72. The number of hydrogen-bond acceptors (Lipinski definition) is 5. The number of nitriles is 1. The number of nitrogens with zero attached hydrogens (tertiary/aromatic N) is 2. The maximum atomic E-state index is 12.8. The van der Waals surface area contributed by atoms with E-state index in [0.29, 0.717) is 12.3 Å². The van der Waals surface area contributed by atoms with E-state index in [1.54, 1.807) is 0 Å². The van der Waals surface area contributed by atoms with E-state index < -0.39 is 29.7 Å². The molecule has 0 N–H and O–H groups in total. The highest BCUT2D eigenvalue weighted by atomic mass is 35.5. The van der Waals surface area contributed by atoms with Gasteiger partial charge in [-0.3, -0.25) is 4.98 Å². The van der Waals surface area contributed by atoms with Crippen LogP contribution in [0.5, 0.6) is 5.75 Å². The van der Waals surface area contributed by atoms with Crippen molar-refractivity contribution >= 4 is 40.8 Å². The molecule has 1 heterocycles. The van der Waals surface area contributed by atoms with E-state index in [2.05, 4.69) is 9.72 Å². The van der Waals surface area contributed by atoms with E-state index in [4.69, 9.17) is 39.5 Å². The second kappa shape index (κ2) is 9.08. The van der Waals surface area contributed by atoms with Crippen molar-refractivity contribution in [3.05, 3.63) is 56.3 Å². The van der Waals surface area contributed by atoms with Gasteiger partial charge in [-0.15, -0.1) is 0 Å². The molecule has 0 aliphatic rings. The standard InChI is InChI=1S/C18H12Cl3F3N2O3/c1-8(17(27)28-2)29-13-4-3-10(14(20)15(13)21)11(6-25)16-12(19)5-9(7-26-16)18(22,23)24/h3-5,7-8,11H,1-2H3. The summed E-state index contributed by atoms with van der Waals surface area (Å²) >= 11 is 18.4. The second-order valence-corrected chi connectivity index (χ2v) is 6.88. The quantitative estimate of drug-likeness (QED) is 0.531. The number of rotatable bonds is 5. The molecular weight excluding hydrogens is 456 g/mol. The number of aromatic nitrogens is 1. The molecule has 154 valence electrons. The molecule has 29 heavy (non-hydrogen) atoms. The first-order chi connectivity index (χ1) is 13.5. The molecule has 0 amide bonds. The van der Waals surface area contributed by atoms with Crippen LogP contribution in [-0.4, -0.2) is 24.2 Å². The molecule has 0 fully saturated rings. The molecule has 0 saturated heterocycles. The third kappa shape index (κ3) is 5.04. The number of carbonyl (C=O) groups excluding carboxylic acids is 1. The third-order valence-electron chi connectivity index (χ3n) is 3.82. The van der Waals surface area contributed by atoms with Gasteiger partial charge in [0, 0.05) is 6.20 Å². The van der Waals surface area contributed by atoms with E-state index in [0.717, 1.165) is 0 Å².